The van der Waals surface area contributed by atoms with E-state index in [2.05, 4.69) is 20.7 Å². The normalized spacial score (nSPS) is 42.1. The van der Waals surface area contributed by atoms with E-state index >= 15 is 0 Å². The van der Waals surface area contributed by atoms with Gasteiger partial charge in [-0.2, -0.15) is 0 Å². The number of ether oxygens (including phenoxy) is 1. The smallest absolute Gasteiger partial charge is 0.299 e. The molecule has 1 saturated heterocycles. The van der Waals surface area contributed by atoms with Gasteiger partial charge < -0.3 is 4.74 Å². The lowest BCUT2D eigenvalue weighted by Gasteiger charge is -2.40. The summed E-state index contributed by atoms with van der Waals surface area (Å²) >= 11 is 3.40. The van der Waals surface area contributed by atoms with Crippen LogP contribution in [0, 0.1) is 17.8 Å². The highest BCUT2D eigenvalue weighted by molar-refractivity contribution is 9.10. The third kappa shape index (κ3) is 2.84. The maximum atomic E-state index is 13.1. The van der Waals surface area contributed by atoms with Crippen molar-refractivity contribution in [1.82, 2.24) is 4.72 Å². The van der Waals surface area contributed by atoms with Crippen molar-refractivity contribution in [2.45, 2.75) is 62.3 Å². The minimum atomic E-state index is -3.64. The number of hydrogen-bond acceptors (Lipinski definition) is 4. The number of rotatable bonds is 2. The van der Waals surface area contributed by atoms with Crippen LogP contribution < -0.4 is 4.72 Å². The van der Waals surface area contributed by atoms with Crippen LogP contribution in [0.2, 0.25) is 0 Å². The predicted molar refractivity (Wildman–Crippen MR) is 108 cm³/mol. The Hall–Kier alpha value is -1.08. The molecule has 4 aliphatic carbocycles. The van der Waals surface area contributed by atoms with E-state index in [-0.39, 0.29) is 11.6 Å². The molecule has 5 aliphatic rings. The van der Waals surface area contributed by atoms with Gasteiger partial charge in [0.05, 0.1) is 5.54 Å². The zero-order valence-electron chi connectivity index (χ0n) is 15.6. The summed E-state index contributed by atoms with van der Waals surface area (Å²) in [5, 5.41) is -0.786. The van der Waals surface area contributed by atoms with E-state index in [0.29, 0.717) is 11.5 Å². The van der Waals surface area contributed by atoms with E-state index in [1.54, 1.807) is 0 Å². The van der Waals surface area contributed by atoms with E-state index in [4.69, 9.17) is 9.73 Å². The summed E-state index contributed by atoms with van der Waals surface area (Å²) in [6, 6.07) is 7.57. The van der Waals surface area contributed by atoms with Crippen molar-refractivity contribution in [2.75, 3.05) is 0 Å². The molecule has 1 heterocycles. The number of nitrogens with zero attached hydrogens (tertiary/aromatic N) is 1. The van der Waals surface area contributed by atoms with E-state index in [0.717, 1.165) is 29.2 Å². The molecule has 1 N–H and O–H groups in total. The molecule has 27 heavy (non-hydrogen) atoms. The summed E-state index contributed by atoms with van der Waals surface area (Å²) in [5.41, 5.74) is -0.289. The van der Waals surface area contributed by atoms with E-state index in [1.807, 2.05) is 38.1 Å². The Morgan fingerprint density at radius 2 is 1.74 bits per heavy atom. The van der Waals surface area contributed by atoms with Crippen LogP contribution in [0.15, 0.2) is 33.7 Å². The summed E-state index contributed by atoms with van der Waals surface area (Å²) in [5.74, 6) is 2.11. The SMILES string of the molecule is CC1(C)OC(=NC23CC4CC(CC2C4)C3)NS(=O)(=O)[C@H]1c1ccc(Br)cc1. The average Bonchev–Trinajstić information content (AvgIpc) is 2.90. The van der Waals surface area contributed by atoms with Crippen molar-refractivity contribution < 1.29 is 13.2 Å². The second-order valence-corrected chi connectivity index (χ2v) is 12.0. The third-order valence-electron chi connectivity index (χ3n) is 6.97. The molecule has 1 aromatic carbocycles. The maximum absolute atomic E-state index is 13.1. The zero-order valence-corrected chi connectivity index (χ0v) is 18.0. The van der Waals surface area contributed by atoms with Crippen molar-refractivity contribution >= 4 is 32.0 Å². The maximum Gasteiger partial charge on any atom is 0.299 e. The Balaban J connectivity index is 1.49. The molecule has 7 heteroatoms. The molecule has 1 aromatic rings. The van der Waals surface area contributed by atoms with Gasteiger partial charge in [-0.1, -0.05) is 28.1 Å². The molecule has 1 aliphatic heterocycles. The van der Waals surface area contributed by atoms with Gasteiger partial charge in [0.1, 0.15) is 10.9 Å². The molecule has 4 saturated carbocycles. The molecule has 0 radical (unpaired) electrons. The standard InChI is InChI=1S/C20H25BrN2O3S/c1-19(2)17(14-3-5-16(21)6-4-14)27(24,25)23-18(26-19)22-20-10-12-7-13(11-20)9-15(20)8-12/h3-6,12-13,15,17H,7-11H2,1-2H3,(H,22,23)/t12?,13?,15?,17-,20?/m0/s1. The van der Waals surface area contributed by atoms with E-state index in [9.17, 15) is 8.42 Å². The van der Waals surface area contributed by atoms with Gasteiger partial charge in [0.15, 0.2) is 0 Å². The Labute approximate surface area is 169 Å². The Bertz CT molecular complexity index is 896. The fourth-order valence-electron chi connectivity index (χ4n) is 6.28. The lowest BCUT2D eigenvalue weighted by Crippen LogP contribution is -2.54. The number of amidine groups is 1. The number of hydrogen-bond donors (Lipinski definition) is 1. The van der Waals surface area contributed by atoms with Gasteiger partial charge in [-0.25, -0.2) is 18.1 Å². The second kappa shape index (κ2) is 5.72. The van der Waals surface area contributed by atoms with Crippen LogP contribution in [0.4, 0.5) is 0 Å². The first-order valence-corrected chi connectivity index (χ1v) is 12.1. The molecule has 0 amide bonds. The lowest BCUT2D eigenvalue weighted by atomic mass is 9.81. The van der Waals surface area contributed by atoms with Crippen LogP contribution in [0.25, 0.3) is 0 Å². The minimum absolute atomic E-state index is 0.105. The molecule has 4 bridgehead atoms. The highest BCUT2D eigenvalue weighted by Gasteiger charge is 2.59. The number of halogens is 1. The molecule has 0 aromatic heterocycles. The minimum Gasteiger partial charge on any atom is -0.457 e. The Kier molecular flexibility index (Phi) is 3.81. The predicted octanol–water partition coefficient (Wildman–Crippen LogP) is 4.15. The summed E-state index contributed by atoms with van der Waals surface area (Å²) < 4.78 is 36.0. The summed E-state index contributed by atoms with van der Waals surface area (Å²) in [6.07, 6.45) is 5.97. The summed E-state index contributed by atoms with van der Waals surface area (Å²) in [4.78, 5) is 4.94. The van der Waals surface area contributed by atoms with Gasteiger partial charge in [0.25, 0.3) is 6.02 Å². The Morgan fingerprint density at radius 3 is 2.33 bits per heavy atom. The molecule has 0 spiro atoms. The highest BCUT2D eigenvalue weighted by Crippen LogP contribution is 2.62. The quantitative estimate of drug-likeness (QED) is 0.732. The number of nitrogens with one attached hydrogen (secondary N) is 1. The van der Waals surface area contributed by atoms with Crippen LogP contribution in [-0.4, -0.2) is 25.6 Å². The molecule has 3 atom stereocenters. The van der Waals surface area contributed by atoms with Gasteiger partial charge in [-0.15, -0.1) is 0 Å². The fraction of sp³-hybridized carbons (Fsp3) is 0.650. The van der Waals surface area contributed by atoms with Crippen LogP contribution in [0.5, 0.6) is 0 Å². The van der Waals surface area contributed by atoms with Crippen LogP contribution in [0.3, 0.4) is 0 Å². The van der Waals surface area contributed by atoms with Crippen molar-refractivity contribution in [1.29, 1.82) is 0 Å². The van der Waals surface area contributed by atoms with Crippen molar-refractivity contribution in [3.63, 3.8) is 0 Å². The molecule has 2 unspecified atom stereocenters. The van der Waals surface area contributed by atoms with Crippen molar-refractivity contribution in [3.8, 4) is 0 Å². The molecule has 5 nitrogen and oxygen atoms in total. The monoisotopic (exact) mass is 452 g/mol. The van der Waals surface area contributed by atoms with Crippen molar-refractivity contribution in [2.24, 2.45) is 22.7 Å². The van der Waals surface area contributed by atoms with Crippen LogP contribution >= 0.6 is 15.9 Å². The first-order valence-electron chi connectivity index (χ1n) is 9.73. The highest BCUT2D eigenvalue weighted by atomic mass is 79.9. The number of sulfonamides is 1. The van der Waals surface area contributed by atoms with Gasteiger partial charge in [-0.05, 0) is 81.4 Å². The van der Waals surface area contributed by atoms with E-state index < -0.39 is 20.9 Å². The van der Waals surface area contributed by atoms with Crippen LogP contribution in [-0.2, 0) is 14.8 Å². The molecule has 5 fully saturated rings. The third-order valence-corrected chi connectivity index (χ3v) is 9.42. The van der Waals surface area contributed by atoms with Gasteiger partial charge in [0, 0.05) is 4.47 Å². The van der Waals surface area contributed by atoms with Gasteiger partial charge in [-0.3, -0.25) is 0 Å². The fourth-order valence-corrected chi connectivity index (χ4v) is 8.30. The van der Waals surface area contributed by atoms with Crippen LogP contribution in [0.1, 0.15) is 56.8 Å². The number of benzene rings is 1. The molecular formula is C20H25BrN2O3S. The zero-order chi connectivity index (χ0) is 19.0. The van der Waals surface area contributed by atoms with E-state index in [1.165, 1.54) is 19.3 Å². The first kappa shape index (κ1) is 18.0. The van der Waals surface area contributed by atoms with Gasteiger partial charge in [0.2, 0.25) is 10.0 Å². The summed E-state index contributed by atoms with van der Waals surface area (Å²) in [6.45, 7) is 3.67. The molecule has 6 rings (SSSR count). The number of aliphatic imine (C=N–C) groups is 1. The lowest BCUT2D eigenvalue weighted by molar-refractivity contribution is 0.0742. The first-order chi connectivity index (χ1) is 12.7. The summed E-state index contributed by atoms with van der Waals surface area (Å²) in [7, 11) is -3.64. The largest absolute Gasteiger partial charge is 0.457 e. The van der Waals surface area contributed by atoms with Crippen molar-refractivity contribution in [3.05, 3.63) is 34.3 Å². The molecule has 146 valence electrons. The average molecular weight is 453 g/mol. The molecular weight excluding hydrogens is 428 g/mol. The van der Waals surface area contributed by atoms with Gasteiger partial charge >= 0.3 is 0 Å². The topological polar surface area (TPSA) is 67.8 Å². The second-order valence-electron chi connectivity index (χ2n) is 9.35. The Morgan fingerprint density at radius 1 is 1.11 bits per heavy atom.